The van der Waals surface area contributed by atoms with Gasteiger partial charge in [-0.05, 0) is 37.1 Å². The van der Waals surface area contributed by atoms with Gasteiger partial charge in [-0.1, -0.05) is 31.2 Å². The van der Waals surface area contributed by atoms with Gasteiger partial charge in [0.2, 0.25) is 0 Å². The van der Waals surface area contributed by atoms with Crippen LogP contribution in [-0.4, -0.2) is 13.1 Å². The Morgan fingerprint density at radius 1 is 1.10 bits per heavy atom. The lowest BCUT2D eigenvalue weighted by atomic mass is 10.0. The van der Waals surface area contributed by atoms with Gasteiger partial charge in [-0.15, -0.1) is 0 Å². The number of benzene rings is 2. The van der Waals surface area contributed by atoms with Crippen LogP contribution in [0, 0.1) is 5.82 Å². The summed E-state index contributed by atoms with van der Waals surface area (Å²) in [4.78, 5) is 2.00. The second-order valence-corrected chi connectivity index (χ2v) is 5.00. The fourth-order valence-electron chi connectivity index (χ4n) is 2.26. The molecule has 0 heterocycles. The van der Waals surface area contributed by atoms with Crippen LogP contribution in [0.4, 0.5) is 15.8 Å². The summed E-state index contributed by atoms with van der Waals surface area (Å²) in [7, 11) is 1.95. The zero-order valence-corrected chi connectivity index (χ0v) is 12.0. The Morgan fingerprint density at radius 2 is 1.80 bits per heavy atom. The summed E-state index contributed by atoms with van der Waals surface area (Å²) < 4.78 is 14.1. The summed E-state index contributed by atoms with van der Waals surface area (Å²) in [5, 5.41) is 0. The van der Waals surface area contributed by atoms with E-state index in [0.717, 1.165) is 17.8 Å². The Bertz CT molecular complexity index is 554. The number of halogens is 1. The van der Waals surface area contributed by atoms with Crippen LogP contribution in [0.5, 0.6) is 0 Å². The van der Waals surface area contributed by atoms with Gasteiger partial charge in [0.1, 0.15) is 5.82 Å². The van der Waals surface area contributed by atoms with Gasteiger partial charge in [0.05, 0.1) is 0 Å². The molecule has 0 aliphatic rings. The SMILES string of the molecule is CCC(N)Cc1c(F)cccc1N(C)c1ccccc1. The van der Waals surface area contributed by atoms with Crippen LogP contribution < -0.4 is 10.6 Å². The van der Waals surface area contributed by atoms with Gasteiger partial charge in [0.25, 0.3) is 0 Å². The van der Waals surface area contributed by atoms with Gasteiger partial charge < -0.3 is 10.6 Å². The molecule has 0 aliphatic heterocycles. The lowest BCUT2D eigenvalue weighted by Gasteiger charge is -2.24. The average Bonchev–Trinajstić information content (AvgIpc) is 2.49. The van der Waals surface area contributed by atoms with Crippen molar-refractivity contribution in [3.8, 4) is 0 Å². The molecule has 2 aromatic rings. The molecule has 0 spiro atoms. The number of hydrogen-bond acceptors (Lipinski definition) is 2. The molecule has 2 N–H and O–H groups in total. The van der Waals surface area contributed by atoms with Crippen molar-refractivity contribution in [2.45, 2.75) is 25.8 Å². The van der Waals surface area contributed by atoms with Gasteiger partial charge in [-0.2, -0.15) is 0 Å². The van der Waals surface area contributed by atoms with Crippen molar-refractivity contribution in [3.05, 3.63) is 59.9 Å². The fourth-order valence-corrected chi connectivity index (χ4v) is 2.26. The molecule has 106 valence electrons. The number of anilines is 2. The molecule has 0 radical (unpaired) electrons. The normalized spacial score (nSPS) is 12.2. The summed E-state index contributed by atoms with van der Waals surface area (Å²) in [5.74, 6) is -0.186. The highest BCUT2D eigenvalue weighted by atomic mass is 19.1. The second-order valence-electron chi connectivity index (χ2n) is 5.00. The van der Waals surface area contributed by atoms with E-state index in [1.807, 2.05) is 55.3 Å². The van der Waals surface area contributed by atoms with Crippen molar-refractivity contribution >= 4 is 11.4 Å². The van der Waals surface area contributed by atoms with Gasteiger partial charge in [0, 0.05) is 30.0 Å². The molecule has 0 bridgehead atoms. The van der Waals surface area contributed by atoms with E-state index in [1.54, 1.807) is 6.07 Å². The van der Waals surface area contributed by atoms with E-state index in [-0.39, 0.29) is 11.9 Å². The van der Waals surface area contributed by atoms with Crippen molar-refractivity contribution in [3.63, 3.8) is 0 Å². The van der Waals surface area contributed by atoms with Gasteiger partial charge >= 0.3 is 0 Å². The Labute approximate surface area is 120 Å². The third-order valence-corrected chi connectivity index (χ3v) is 3.59. The smallest absolute Gasteiger partial charge is 0.128 e. The molecule has 20 heavy (non-hydrogen) atoms. The summed E-state index contributed by atoms with van der Waals surface area (Å²) >= 11 is 0. The van der Waals surface area contributed by atoms with Gasteiger partial charge in [-0.3, -0.25) is 0 Å². The minimum absolute atomic E-state index is 0.0187. The quantitative estimate of drug-likeness (QED) is 0.895. The molecule has 1 atom stereocenters. The topological polar surface area (TPSA) is 29.3 Å². The number of rotatable bonds is 5. The maximum Gasteiger partial charge on any atom is 0.128 e. The average molecular weight is 272 g/mol. The molecule has 2 aromatic carbocycles. The molecule has 2 rings (SSSR count). The maximum absolute atomic E-state index is 14.1. The third kappa shape index (κ3) is 3.17. The summed E-state index contributed by atoms with van der Waals surface area (Å²) in [5.41, 5.74) is 8.59. The Balaban J connectivity index is 2.38. The van der Waals surface area contributed by atoms with Crippen LogP contribution >= 0.6 is 0 Å². The molecule has 0 amide bonds. The highest BCUT2D eigenvalue weighted by molar-refractivity contribution is 5.66. The van der Waals surface area contributed by atoms with Crippen molar-refractivity contribution in [1.29, 1.82) is 0 Å². The third-order valence-electron chi connectivity index (χ3n) is 3.59. The van der Waals surface area contributed by atoms with E-state index >= 15 is 0 Å². The lowest BCUT2D eigenvalue weighted by molar-refractivity contribution is 0.579. The van der Waals surface area contributed by atoms with Crippen LogP contribution in [0.2, 0.25) is 0 Å². The second kappa shape index (κ2) is 6.53. The van der Waals surface area contributed by atoms with Crippen molar-refractivity contribution in [1.82, 2.24) is 0 Å². The predicted molar refractivity (Wildman–Crippen MR) is 82.9 cm³/mol. The van der Waals surface area contributed by atoms with Crippen LogP contribution in [0.1, 0.15) is 18.9 Å². The first-order valence-corrected chi connectivity index (χ1v) is 6.95. The number of para-hydroxylation sites is 1. The van der Waals surface area contributed by atoms with Gasteiger partial charge in [-0.25, -0.2) is 4.39 Å². The molecule has 0 saturated carbocycles. The molecule has 2 nitrogen and oxygen atoms in total. The monoisotopic (exact) mass is 272 g/mol. The van der Waals surface area contributed by atoms with E-state index in [2.05, 4.69) is 0 Å². The number of hydrogen-bond donors (Lipinski definition) is 1. The van der Waals surface area contributed by atoms with Crippen molar-refractivity contribution in [2.75, 3.05) is 11.9 Å². The molecular formula is C17H21FN2. The first-order chi connectivity index (χ1) is 9.63. The predicted octanol–water partition coefficient (Wildman–Crippen LogP) is 3.87. The maximum atomic E-state index is 14.1. The highest BCUT2D eigenvalue weighted by Crippen LogP contribution is 2.29. The molecule has 0 saturated heterocycles. The molecular weight excluding hydrogens is 251 g/mol. The fraction of sp³-hybridized carbons (Fsp3) is 0.294. The first kappa shape index (κ1) is 14.5. The first-order valence-electron chi connectivity index (χ1n) is 6.95. The summed E-state index contributed by atoms with van der Waals surface area (Å²) in [6.07, 6.45) is 1.39. The summed E-state index contributed by atoms with van der Waals surface area (Å²) in [6.45, 7) is 2.02. The van der Waals surface area contributed by atoms with Crippen LogP contribution in [0.15, 0.2) is 48.5 Å². The molecule has 0 fully saturated rings. The zero-order chi connectivity index (χ0) is 14.5. The van der Waals surface area contributed by atoms with E-state index in [4.69, 9.17) is 5.73 Å². The minimum atomic E-state index is -0.186. The van der Waals surface area contributed by atoms with E-state index in [9.17, 15) is 4.39 Å². The lowest BCUT2D eigenvalue weighted by Crippen LogP contribution is -2.24. The van der Waals surface area contributed by atoms with E-state index in [0.29, 0.717) is 12.0 Å². The largest absolute Gasteiger partial charge is 0.344 e. The molecule has 0 aromatic heterocycles. The highest BCUT2D eigenvalue weighted by Gasteiger charge is 2.15. The Morgan fingerprint density at radius 3 is 2.45 bits per heavy atom. The van der Waals surface area contributed by atoms with Crippen molar-refractivity contribution in [2.24, 2.45) is 5.73 Å². The van der Waals surface area contributed by atoms with Gasteiger partial charge in [0.15, 0.2) is 0 Å². The zero-order valence-electron chi connectivity index (χ0n) is 12.0. The number of nitrogens with two attached hydrogens (primary N) is 1. The van der Waals surface area contributed by atoms with Crippen LogP contribution in [-0.2, 0) is 6.42 Å². The minimum Gasteiger partial charge on any atom is -0.344 e. The van der Waals surface area contributed by atoms with E-state index in [1.165, 1.54) is 6.07 Å². The Kier molecular flexibility index (Phi) is 4.74. The molecule has 3 heteroatoms. The van der Waals surface area contributed by atoms with Crippen molar-refractivity contribution < 1.29 is 4.39 Å². The number of nitrogens with zero attached hydrogens (tertiary/aromatic N) is 1. The standard InChI is InChI=1S/C17H21FN2/c1-3-13(19)12-15-16(18)10-7-11-17(15)20(2)14-8-5-4-6-9-14/h4-11,13H,3,12,19H2,1-2H3. The van der Waals surface area contributed by atoms with E-state index < -0.39 is 0 Å². The Hall–Kier alpha value is -1.87. The van der Waals surface area contributed by atoms with Crippen LogP contribution in [0.25, 0.3) is 0 Å². The van der Waals surface area contributed by atoms with Crippen LogP contribution in [0.3, 0.4) is 0 Å². The molecule has 0 aliphatic carbocycles. The summed E-state index contributed by atoms with van der Waals surface area (Å²) in [6, 6.07) is 15.1. The molecule has 1 unspecified atom stereocenters.